The Kier molecular flexibility index (Phi) is 7.43. The first-order valence-corrected chi connectivity index (χ1v) is 6.93. The van der Waals surface area contributed by atoms with Crippen LogP contribution in [0.25, 0.3) is 0 Å². The second-order valence-electron chi connectivity index (χ2n) is 4.90. The van der Waals surface area contributed by atoms with Crippen LogP contribution in [0.15, 0.2) is 0 Å². The minimum absolute atomic E-state index is 0.0421. The van der Waals surface area contributed by atoms with Gasteiger partial charge in [0, 0.05) is 26.1 Å². The number of hydrogen-bond donors (Lipinski definition) is 3. The van der Waals surface area contributed by atoms with Gasteiger partial charge in [-0.1, -0.05) is 0 Å². The summed E-state index contributed by atoms with van der Waals surface area (Å²) in [7, 11) is 1.60. The molecule has 1 saturated carbocycles. The standard InChI is InChI=1S/C13H25N3O3/c1-10(13(18)15-8-9-19-2)14-7-3-4-12(17)16-11-5-6-11/h10-11,14H,3-9H2,1-2H3,(H,15,18)(H,16,17). The lowest BCUT2D eigenvalue weighted by Crippen LogP contribution is -2.43. The Labute approximate surface area is 114 Å². The van der Waals surface area contributed by atoms with Crippen molar-refractivity contribution in [3.8, 4) is 0 Å². The minimum atomic E-state index is -0.247. The van der Waals surface area contributed by atoms with Crippen LogP contribution in [-0.4, -0.2) is 50.7 Å². The van der Waals surface area contributed by atoms with Gasteiger partial charge in [0.15, 0.2) is 0 Å². The maximum Gasteiger partial charge on any atom is 0.236 e. The number of amides is 2. The third-order valence-corrected chi connectivity index (χ3v) is 2.97. The quantitative estimate of drug-likeness (QED) is 0.480. The van der Waals surface area contributed by atoms with E-state index in [-0.39, 0.29) is 17.9 Å². The Morgan fingerprint density at radius 3 is 2.68 bits per heavy atom. The molecule has 19 heavy (non-hydrogen) atoms. The van der Waals surface area contributed by atoms with E-state index in [1.165, 1.54) is 0 Å². The molecule has 0 aromatic rings. The molecule has 1 unspecified atom stereocenters. The Balaban J connectivity index is 1.97. The van der Waals surface area contributed by atoms with Crippen molar-refractivity contribution < 1.29 is 14.3 Å². The predicted octanol–water partition coefficient (Wildman–Crippen LogP) is -0.214. The number of rotatable bonds is 10. The van der Waals surface area contributed by atoms with Crippen molar-refractivity contribution in [2.24, 2.45) is 0 Å². The fraction of sp³-hybridized carbons (Fsp3) is 0.846. The topological polar surface area (TPSA) is 79.5 Å². The summed E-state index contributed by atoms with van der Waals surface area (Å²) in [5.41, 5.74) is 0. The number of nitrogens with one attached hydrogen (secondary N) is 3. The van der Waals surface area contributed by atoms with E-state index in [4.69, 9.17) is 4.74 Å². The van der Waals surface area contributed by atoms with E-state index in [1.54, 1.807) is 7.11 Å². The van der Waals surface area contributed by atoms with E-state index >= 15 is 0 Å². The first kappa shape index (κ1) is 15.9. The molecule has 1 atom stereocenters. The molecule has 0 bridgehead atoms. The molecule has 0 heterocycles. The lowest BCUT2D eigenvalue weighted by atomic mass is 10.2. The van der Waals surface area contributed by atoms with Crippen molar-refractivity contribution >= 4 is 11.8 Å². The number of carbonyl (C=O) groups excluding carboxylic acids is 2. The summed E-state index contributed by atoms with van der Waals surface area (Å²) in [6.07, 6.45) is 3.49. The molecule has 0 spiro atoms. The molecule has 0 saturated heterocycles. The highest BCUT2D eigenvalue weighted by Crippen LogP contribution is 2.18. The molecule has 2 amide bonds. The third-order valence-electron chi connectivity index (χ3n) is 2.97. The van der Waals surface area contributed by atoms with Gasteiger partial charge in [-0.05, 0) is 32.7 Å². The van der Waals surface area contributed by atoms with Gasteiger partial charge in [-0.2, -0.15) is 0 Å². The summed E-state index contributed by atoms with van der Waals surface area (Å²) in [5.74, 6) is 0.0704. The van der Waals surface area contributed by atoms with Crippen LogP contribution >= 0.6 is 0 Å². The van der Waals surface area contributed by atoms with Gasteiger partial charge in [0.25, 0.3) is 0 Å². The first-order chi connectivity index (χ1) is 9.13. The number of hydrogen-bond acceptors (Lipinski definition) is 4. The second-order valence-corrected chi connectivity index (χ2v) is 4.90. The summed E-state index contributed by atoms with van der Waals surface area (Å²) in [6.45, 7) is 3.51. The number of ether oxygens (including phenoxy) is 1. The van der Waals surface area contributed by atoms with Gasteiger partial charge in [-0.25, -0.2) is 0 Å². The Hall–Kier alpha value is -1.14. The average Bonchev–Trinajstić information content (AvgIpc) is 3.18. The van der Waals surface area contributed by atoms with E-state index in [0.29, 0.717) is 32.2 Å². The monoisotopic (exact) mass is 271 g/mol. The highest BCUT2D eigenvalue weighted by Gasteiger charge is 2.22. The van der Waals surface area contributed by atoms with Crippen LogP contribution in [0.1, 0.15) is 32.6 Å². The van der Waals surface area contributed by atoms with Crippen LogP contribution in [0.5, 0.6) is 0 Å². The molecule has 6 heteroatoms. The van der Waals surface area contributed by atoms with E-state index < -0.39 is 0 Å². The molecule has 6 nitrogen and oxygen atoms in total. The summed E-state index contributed by atoms with van der Waals surface area (Å²) in [4.78, 5) is 23.0. The van der Waals surface area contributed by atoms with Crippen LogP contribution in [-0.2, 0) is 14.3 Å². The molecule has 110 valence electrons. The van der Waals surface area contributed by atoms with Gasteiger partial charge in [-0.15, -0.1) is 0 Å². The number of methoxy groups -OCH3 is 1. The largest absolute Gasteiger partial charge is 0.383 e. The zero-order valence-electron chi connectivity index (χ0n) is 11.8. The van der Waals surface area contributed by atoms with Gasteiger partial charge >= 0.3 is 0 Å². The highest BCUT2D eigenvalue weighted by molar-refractivity contribution is 5.81. The average molecular weight is 271 g/mol. The second kappa shape index (κ2) is 8.87. The molecule has 0 aliphatic heterocycles. The fourth-order valence-electron chi connectivity index (χ4n) is 1.62. The maximum atomic E-state index is 11.6. The summed E-state index contributed by atoms with van der Waals surface area (Å²) >= 11 is 0. The van der Waals surface area contributed by atoms with Crippen molar-refractivity contribution in [2.75, 3.05) is 26.8 Å². The normalized spacial score (nSPS) is 15.9. The van der Waals surface area contributed by atoms with E-state index in [2.05, 4.69) is 16.0 Å². The molecule has 1 aliphatic rings. The van der Waals surface area contributed by atoms with Gasteiger partial charge in [-0.3, -0.25) is 9.59 Å². The lowest BCUT2D eigenvalue weighted by molar-refractivity contribution is -0.123. The van der Waals surface area contributed by atoms with Gasteiger partial charge in [0.1, 0.15) is 0 Å². The van der Waals surface area contributed by atoms with Crippen molar-refractivity contribution in [3.63, 3.8) is 0 Å². The predicted molar refractivity (Wildman–Crippen MR) is 72.7 cm³/mol. The molecule has 3 N–H and O–H groups in total. The van der Waals surface area contributed by atoms with E-state index in [0.717, 1.165) is 19.3 Å². The van der Waals surface area contributed by atoms with Crippen molar-refractivity contribution in [3.05, 3.63) is 0 Å². The zero-order chi connectivity index (χ0) is 14.1. The lowest BCUT2D eigenvalue weighted by Gasteiger charge is -2.13. The van der Waals surface area contributed by atoms with Gasteiger partial charge in [0.2, 0.25) is 11.8 Å². The van der Waals surface area contributed by atoms with Crippen LogP contribution in [0.3, 0.4) is 0 Å². The molecule has 0 aromatic carbocycles. The fourth-order valence-corrected chi connectivity index (χ4v) is 1.62. The molecule has 0 radical (unpaired) electrons. The summed E-state index contributed by atoms with van der Waals surface area (Å²) < 4.78 is 4.85. The van der Waals surface area contributed by atoms with Crippen molar-refractivity contribution in [1.82, 2.24) is 16.0 Å². The van der Waals surface area contributed by atoms with Gasteiger partial charge < -0.3 is 20.7 Å². The van der Waals surface area contributed by atoms with Crippen LogP contribution < -0.4 is 16.0 Å². The van der Waals surface area contributed by atoms with Crippen LogP contribution in [0, 0.1) is 0 Å². The van der Waals surface area contributed by atoms with Crippen LogP contribution in [0.4, 0.5) is 0 Å². The Morgan fingerprint density at radius 2 is 2.05 bits per heavy atom. The minimum Gasteiger partial charge on any atom is -0.383 e. The molecule has 0 aromatic heterocycles. The SMILES string of the molecule is COCCNC(=O)C(C)NCCCC(=O)NC1CC1. The van der Waals surface area contributed by atoms with E-state index in [9.17, 15) is 9.59 Å². The maximum absolute atomic E-state index is 11.6. The van der Waals surface area contributed by atoms with Crippen molar-refractivity contribution in [1.29, 1.82) is 0 Å². The smallest absolute Gasteiger partial charge is 0.236 e. The Morgan fingerprint density at radius 1 is 1.32 bits per heavy atom. The molecule has 1 fully saturated rings. The molecular formula is C13H25N3O3. The third kappa shape index (κ3) is 7.79. The van der Waals surface area contributed by atoms with Gasteiger partial charge in [0.05, 0.1) is 12.6 Å². The first-order valence-electron chi connectivity index (χ1n) is 6.93. The summed E-state index contributed by atoms with van der Waals surface area (Å²) in [6, 6.07) is 0.175. The van der Waals surface area contributed by atoms with E-state index in [1.807, 2.05) is 6.92 Å². The number of carbonyl (C=O) groups is 2. The summed E-state index contributed by atoms with van der Waals surface area (Å²) in [5, 5.41) is 8.80. The highest BCUT2D eigenvalue weighted by atomic mass is 16.5. The molecule has 1 rings (SSSR count). The zero-order valence-corrected chi connectivity index (χ0v) is 11.8. The van der Waals surface area contributed by atoms with Crippen LogP contribution in [0.2, 0.25) is 0 Å². The molecular weight excluding hydrogens is 246 g/mol. The Bertz CT molecular complexity index is 293. The molecule has 1 aliphatic carbocycles. The van der Waals surface area contributed by atoms with Crippen molar-refractivity contribution in [2.45, 2.75) is 44.7 Å².